The van der Waals surface area contributed by atoms with Gasteiger partial charge in [0, 0.05) is 70.9 Å². The molecule has 49 heavy (non-hydrogen) atoms. The first kappa shape index (κ1) is 36.6. The minimum atomic E-state index is -1.20. The second kappa shape index (κ2) is 16.4. The Labute approximate surface area is 297 Å². The predicted molar refractivity (Wildman–Crippen MR) is 199 cm³/mol. The molecule has 2 saturated heterocycles. The van der Waals surface area contributed by atoms with Gasteiger partial charge in [-0.05, 0) is 63.8 Å². The zero-order valence-electron chi connectivity index (χ0n) is 29.4. The monoisotopic (exact) mass is 712 g/mol. The number of carbonyl (C=O) groups is 1. The number of piperidine rings is 1. The van der Waals surface area contributed by atoms with Crippen LogP contribution in [-0.4, -0.2) is 108 Å². The lowest BCUT2D eigenvalue weighted by atomic mass is 9.95. The van der Waals surface area contributed by atoms with E-state index in [2.05, 4.69) is 47.4 Å². The molecule has 0 saturated carbocycles. The van der Waals surface area contributed by atoms with Gasteiger partial charge in [0.2, 0.25) is 5.95 Å². The Balaban J connectivity index is 1.14. The Kier molecular flexibility index (Phi) is 12.2. The first-order valence-electron chi connectivity index (χ1n) is 16.7. The summed E-state index contributed by atoms with van der Waals surface area (Å²) in [5, 5.41) is 6.90. The Morgan fingerprint density at radius 2 is 1.71 bits per heavy atom. The minimum absolute atomic E-state index is 0.146. The smallest absolute Gasteiger partial charge is 0.320 e. The molecule has 0 amide bonds. The van der Waals surface area contributed by atoms with E-state index < -0.39 is 16.6 Å². The van der Waals surface area contributed by atoms with Crippen LogP contribution in [0.3, 0.4) is 0 Å². The normalized spacial score (nSPS) is 17.0. The van der Waals surface area contributed by atoms with Gasteiger partial charge in [-0.3, -0.25) is 14.0 Å². The average Bonchev–Trinajstić information content (AvgIpc) is 3.06. The van der Waals surface area contributed by atoms with Crippen molar-refractivity contribution in [2.24, 2.45) is 5.92 Å². The molecule has 2 N–H and O–H groups in total. The van der Waals surface area contributed by atoms with Gasteiger partial charge in [0.05, 0.1) is 36.9 Å². The fourth-order valence-corrected chi connectivity index (χ4v) is 6.74. The molecule has 266 valence electrons. The number of para-hydroxylation sites is 2. The summed E-state index contributed by atoms with van der Waals surface area (Å²) in [5.74, 6) is 1.97. The van der Waals surface area contributed by atoms with Crippen LogP contribution in [0.1, 0.15) is 33.6 Å². The molecular weight excluding hydrogens is 664 g/mol. The van der Waals surface area contributed by atoms with Crippen molar-refractivity contribution < 1.29 is 18.5 Å². The van der Waals surface area contributed by atoms with Crippen molar-refractivity contribution in [1.29, 1.82) is 0 Å². The van der Waals surface area contributed by atoms with Crippen LogP contribution in [-0.2, 0) is 20.5 Å². The van der Waals surface area contributed by atoms with Crippen molar-refractivity contribution in [3.8, 4) is 5.75 Å². The van der Waals surface area contributed by atoms with Gasteiger partial charge in [0.1, 0.15) is 27.4 Å². The molecular formula is C35H49ClN8O4S. The second-order valence-corrected chi connectivity index (χ2v) is 15.4. The Bertz CT molecular complexity index is 1610. The SMILES string of the molecule is COc1cc(N2CCC(CN3CCN(CC(=O)OC(C)(C)C)CC3)CC2)ccc1Nc1ncc(Cl)c(Nc2ccccc2N(C)S(C)=O)n1. The third kappa shape index (κ3) is 10.2. The number of esters is 1. The van der Waals surface area contributed by atoms with Crippen LogP contribution in [0.5, 0.6) is 5.75 Å². The maximum Gasteiger partial charge on any atom is 0.320 e. The van der Waals surface area contributed by atoms with Crippen molar-refractivity contribution in [3.05, 3.63) is 53.7 Å². The number of halogens is 1. The molecule has 3 heterocycles. The van der Waals surface area contributed by atoms with Crippen molar-refractivity contribution in [1.82, 2.24) is 19.8 Å². The van der Waals surface area contributed by atoms with E-state index in [9.17, 15) is 9.00 Å². The van der Waals surface area contributed by atoms with Crippen LogP contribution in [0.2, 0.25) is 5.02 Å². The summed E-state index contributed by atoms with van der Waals surface area (Å²) in [6.45, 7) is 12.9. The van der Waals surface area contributed by atoms with Gasteiger partial charge in [-0.15, -0.1) is 0 Å². The highest BCUT2D eigenvalue weighted by Gasteiger charge is 2.26. The van der Waals surface area contributed by atoms with Crippen molar-refractivity contribution >= 4 is 63.1 Å². The lowest BCUT2D eigenvalue weighted by molar-refractivity contribution is -0.156. The topological polar surface area (TPSA) is 115 Å². The molecule has 1 unspecified atom stereocenters. The van der Waals surface area contributed by atoms with Crippen LogP contribution < -0.4 is 24.6 Å². The molecule has 2 aliphatic heterocycles. The fraction of sp³-hybridized carbons (Fsp3) is 0.514. The number of methoxy groups -OCH3 is 1. The standard InChI is InChI=1S/C35H49ClN8O4S/c1-35(2,3)48-32(45)24-43-19-17-42(18-20-43)23-25-13-15-44(16-14-25)26-11-12-29(31(21-26)47-5)39-34-37-22-27(36)33(40-34)38-28-9-7-8-10-30(28)41(4)49(6)46/h7-12,21-22,25H,13-20,23-24H2,1-6H3,(H2,37,38,39,40). The first-order valence-corrected chi connectivity index (χ1v) is 18.6. The van der Waals surface area contributed by atoms with Crippen LogP contribution in [0.25, 0.3) is 0 Å². The van der Waals surface area contributed by atoms with Gasteiger partial charge < -0.3 is 29.9 Å². The van der Waals surface area contributed by atoms with Gasteiger partial charge in [0.15, 0.2) is 5.82 Å². The summed E-state index contributed by atoms with van der Waals surface area (Å²) in [6.07, 6.45) is 5.42. The van der Waals surface area contributed by atoms with Gasteiger partial charge in [-0.1, -0.05) is 23.7 Å². The molecule has 1 atom stereocenters. The lowest BCUT2D eigenvalue weighted by Gasteiger charge is -2.39. The molecule has 0 radical (unpaired) electrons. The summed E-state index contributed by atoms with van der Waals surface area (Å²) in [7, 11) is 2.23. The van der Waals surface area contributed by atoms with Crippen molar-refractivity contribution in [2.75, 3.05) is 92.6 Å². The molecule has 0 spiro atoms. The summed E-state index contributed by atoms with van der Waals surface area (Å²) in [4.78, 5) is 28.4. The molecule has 12 nitrogen and oxygen atoms in total. The van der Waals surface area contributed by atoms with E-state index in [1.54, 1.807) is 30.9 Å². The van der Waals surface area contributed by atoms with Crippen LogP contribution in [0.15, 0.2) is 48.7 Å². The summed E-state index contributed by atoms with van der Waals surface area (Å²) in [6, 6.07) is 13.7. The number of nitrogens with one attached hydrogen (secondary N) is 2. The zero-order chi connectivity index (χ0) is 35.1. The molecule has 3 aromatic rings. The molecule has 0 bridgehead atoms. The third-order valence-corrected chi connectivity index (χ3v) is 10.0. The maximum absolute atomic E-state index is 12.2. The van der Waals surface area contributed by atoms with E-state index in [-0.39, 0.29) is 5.97 Å². The molecule has 1 aromatic heterocycles. The number of anilines is 6. The number of rotatable bonds is 12. The van der Waals surface area contributed by atoms with E-state index >= 15 is 0 Å². The highest BCUT2D eigenvalue weighted by atomic mass is 35.5. The second-order valence-electron chi connectivity index (χ2n) is 13.6. The minimum Gasteiger partial charge on any atom is -0.494 e. The van der Waals surface area contributed by atoms with E-state index in [0.29, 0.717) is 35.0 Å². The third-order valence-electron chi connectivity index (χ3n) is 8.79. The average molecular weight is 713 g/mol. The number of hydrogen-bond acceptors (Lipinski definition) is 11. The number of ether oxygens (including phenoxy) is 2. The molecule has 2 aliphatic rings. The Hall–Kier alpha value is -3.65. The van der Waals surface area contributed by atoms with Gasteiger partial charge in [-0.25, -0.2) is 9.19 Å². The number of benzene rings is 2. The van der Waals surface area contributed by atoms with Crippen LogP contribution in [0, 0.1) is 5.92 Å². The molecule has 2 fully saturated rings. The lowest BCUT2D eigenvalue weighted by Crippen LogP contribution is -2.50. The van der Waals surface area contributed by atoms with Crippen molar-refractivity contribution in [2.45, 2.75) is 39.2 Å². The highest BCUT2D eigenvalue weighted by molar-refractivity contribution is 7.85. The molecule has 0 aliphatic carbocycles. The summed E-state index contributed by atoms with van der Waals surface area (Å²) < 4.78 is 25.1. The van der Waals surface area contributed by atoms with E-state index in [1.807, 2.05) is 51.1 Å². The quantitative estimate of drug-likeness (QED) is 0.231. The number of aromatic nitrogens is 2. The Morgan fingerprint density at radius 3 is 2.39 bits per heavy atom. The first-order chi connectivity index (χ1) is 23.4. The summed E-state index contributed by atoms with van der Waals surface area (Å²) in [5.41, 5.74) is 2.88. The van der Waals surface area contributed by atoms with Crippen LogP contribution >= 0.6 is 11.6 Å². The maximum atomic E-state index is 12.2. The Morgan fingerprint density at radius 1 is 1.02 bits per heavy atom. The van der Waals surface area contributed by atoms with E-state index in [4.69, 9.17) is 21.1 Å². The van der Waals surface area contributed by atoms with E-state index in [1.165, 1.54) is 0 Å². The number of hydrogen-bond donors (Lipinski definition) is 2. The van der Waals surface area contributed by atoms with Crippen molar-refractivity contribution in [3.63, 3.8) is 0 Å². The summed E-state index contributed by atoms with van der Waals surface area (Å²) >= 11 is 6.47. The van der Waals surface area contributed by atoms with Crippen LogP contribution in [0.4, 0.5) is 34.5 Å². The fourth-order valence-electron chi connectivity index (χ4n) is 6.16. The zero-order valence-corrected chi connectivity index (χ0v) is 30.9. The number of nitrogens with zero attached hydrogens (tertiary/aromatic N) is 6. The molecule has 14 heteroatoms. The largest absolute Gasteiger partial charge is 0.494 e. The van der Waals surface area contributed by atoms with Gasteiger partial charge >= 0.3 is 5.97 Å². The predicted octanol–water partition coefficient (Wildman–Crippen LogP) is 5.53. The highest BCUT2D eigenvalue weighted by Crippen LogP contribution is 2.35. The van der Waals surface area contributed by atoms with E-state index in [0.717, 1.165) is 81.4 Å². The number of carbonyl (C=O) groups excluding carboxylic acids is 1. The molecule has 5 rings (SSSR count). The van der Waals surface area contributed by atoms with Gasteiger partial charge in [0.25, 0.3) is 0 Å². The molecule has 2 aromatic carbocycles. The number of piperazine rings is 1. The van der Waals surface area contributed by atoms with Gasteiger partial charge in [-0.2, -0.15) is 4.98 Å².